The van der Waals surface area contributed by atoms with Crippen molar-refractivity contribution < 1.29 is 0 Å². The molecule has 0 saturated heterocycles. The first-order chi connectivity index (χ1) is 7.75. The second kappa shape index (κ2) is 3.38. The van der Waals surface area contributed by atoms with Crippen LogP contribution in [-0.2, 0) is 6.42 Å². The number of hydrogen-bond acceptors (Lipinski definition) is 0. The second-order valence-electron chi connectivity index (χ2n) is 4.53. The maximum Gasteiger partial charge on any atom is 0.0455 e. The Labute approximate surface area is 96.0 Å². The number of allylic oxidation sites excluding steroid dienone is 1. The lowest BCUT2D eigenvalue weighted by molar-refractivity contribution is 0.925. The van der Waals surface area contributed by atoms with Gasteiger partial charge in [0.25, 0.3) is 0 Å². The summed E-state index contributed by atoms with van der Waals surface area (Å²) in [6.45, 7) is 4.37. The molecule has 2 aromatic rings. The zero-order valence-corrected chi connectivity index (χ0v) is 9.70. The van der Waals surface area contributed by atoms with Crippen LogP contribution in [0, 0.1) is 6.92 Å². The standard InChI is InChI=1S/C15H15N/c1-11-8-13-10-12(2)16(15(13)9-11)14-6-4-3-5-7-14/h3-8,10H,9H2,1-2H3. The van der Waals surface area contributed by atoms with Gasteiger partial charge >= 0.3 is 0 Å². The maximum absolute atomic E-state index is 2.36. The first-order valence-electron chi connectivity index (χ1n) is 5.69. The van der Waals surface area contributed by atoms with Crippen LogP contribution in [0.1, 0.15) is 23.9 Å². The van der Waals surface area contributed by atoms with Crippen molar-refractivity contribution in [3.63, 3.8) is 0 Å². The van der Waals surface area contributed by atoms with E-state index in [2.05, 4.69) is 60.9 Å². The highest BCUT2D eigenvalue weighted by atomic mass is 15.0. The molecular formula is C15H15N. The number of para-hydroxylation sites is 1. The summed E-state index contributed by atoms with van der Waals surface area (Å²) >= 11 is 0. The summed E-state index contributed by atoms with van der Waals surface area (Å²) in [5.41, 5.74) is 6.86. The van der Waals surface area contributed by atoms with Gasteiger partial charge in [0.15, 0.2) is 0 Å². The number of aryl methyl sites for hydroxylation is 1. The summed E-state index contributed by atoms with van der Waals surface area (Å²) in [5, 5.41) is 0. The maximum atomic E-state index is 2.36. The van der Waals surface area contributed by atoms with Crippen molar-refractivity contribution in [2.24, 2.45) is 0 Å². The van der Waals surface area contributed by atoms with Gasteiger partial charge in [-0.15, -0.1) is 0 Å². The van der Waals surface area contributed by atoms with E-state index in [1.165, 1.54) is 28.2 Å². The van der Waals surface area contributed by atoms with E-state index >= 15 is 0 Å². The Bertz CT molecular complexity index is 559. The topological polar surface area (TPSA) is 4.93 Å². The van der Waals surface area contributed by atoms with E-state index in [1.807, 2.05) is 0 Å². The molecule has 1 aromatic heterocycles. The average Bonchev–Trinajstić information content (AvgIpc) is 2.74. The Morgan fingerprint density at radius 3 is 2.56 bits per heavy atom. The molecule has 0 atom stereocenters. The molecule has 0 spiro atoms. The Morgan fingerprint density at radius 1 is 1.06 bits per heavy atom. The summed E-state index contributed by atoms with van der Waals surface area (Å²) < 4.78 is 2.36. The van der Waals surface area contributed by atoms with Crippen LogP contribution in [0.3, 0.4) is 0 Å². The fourth-order valence-corrected chi connectivity index (χ4v) is 2.54. The number of aromatic nitrogens is 1. The predicted molar refractivity (Wildman–Crippen MR) is 67.9 cm³/mol. The molecule has 0 fully saturated rings. The lowest BCUT2D eigenvalue weighted by Crippen LogP contribution is -2.01. The van der Waals surface area contributed by atoms with Crippen molar-refractivity contribution in [2.75, 3.05) is 0 Å². The second-order valence-corrected chi connectivity index (χ2v) is 4.53. The number of benzene rings is 1. The first-order valence-corrected chi connectivity index (χ1v) is 5.69. The molecule has 3 rings (SSSR count). The molecule has 0 aliphatic heterocycles. The van der Waals surface area contributed by atoms with Gasteiger partial charge in [0.2, 0.25) is 0 Å². The minimum Gasteiger partial charge on any atom is -0.317 e. The summed E-state index contributed by atoms with van der Waals surface area (Å²) in [6, 6.07) is 12.9. The molecule has 0 unspecified atom stereocenters. The smallest absolute Gasteiger partial charge is 0.0455 e. The molecule has 16 heavy (non-hydrogen) atoms. The molecule has 0 radical (unpaired) electrons. The van der Waals surface area contributed by atoms with Gasteiger partial charge in [-0.3, -0.25) is 0 Å². The Hall–Kier alpha value is -1.76. The molecule has 0 amide bonds. The minimum absolute atomic E-state index is 1.08. The average molecular weight is 209 g/mol. The number of hydrogen-bond donors (Lipinski definition) is 0. The van der Waals surface area contributed by atoms with Gasteiger partial charge in [0.05, 0.1) is 0 Å². The van der Waals surface area contributed by atoms with Crippen LogP contribution in [0.2, 0.25) is 0 Å². The third-order valence-electron chi connectivity index (χ3n) is 3.18. The molecule has 0 bridgehead atoms. The van der Waals surface area contributed by atoms with Crippen LogP contribution >= 0.6 is 0 Å². The first kappa shape index (κ1) is 9.46. The van der Waals surface area contributed by atoms with Gasteiger partial charge in [0, 0.05) is 23.5 Å². The van der Waals surface area contributed by atoms with E-state index in [0.29, 0.717) is 0 Å². The van der Waals surface area contributed by atoms with Gasteiger partial charge in [0.1, 0.15) is 0 Å². The predicted octanol–water partition coefficient (Wildman–Crippen LogP) is 3.75. The number of nitrogens with zero attached hydrogens (tertiary/aromatic N) is 1. The fourth-order valence-electron chi connectivity index (χ4n) is 2.54. The van der Waals surface area contributed by atoms with E-state index in [4.69, 9.17) is 0 Å². The largest absolute Gasteiger partial charge is 0.317 e. The van der Waals surface area contributed by atoms with Gasteiger partial charge < -0.3 is 4.57 Å². The SMILES string of the molecule is CC1=Cc2cc(C)n(-c3ccccc3)c2C1. The van der Waals surface area contributed by atoms with Crippen molar-refractivity contribution >= 4 is 6.08 Å². The van der Waals surface area contributed by atoms with Crippen LogP contribution in [-0.4, -0.2) is 4.57 Å². The van der Waals surface area contributed by atoms with Crippen molar-refractivity contribution in [1.29, 1.82) is 0 Å². The van der Waals surface area contributed by atoms with Gasteiger partial charge in [-0.25, -0.2) is 0 Å². The van der Waals surface area contributed by atoms with Gasteiger partial charge in [-0.2, -0.15) is 0 Å². The molecule has 1 heteroatoms. The van der Waals surface area contributed by atoms with E-state index < -0.39 is 0 Å². The normalized spacial score (nSPS) is 13.8. The van der Waals surface area contributed by atoms with E-state index in [9.17, 15) is 0 Å². The lowest BCUT2D eigenvalue weighted by atomic mass is 10.2. The highest BCUT2D eigenvalue weighted by molar-refractivity contribution is 5.64. The Morgan fingerprint density at radius 2 is 1.81 bits per heavy atom. The summed E-state index contributed by atoms with van der Waals surface area (Å²) in [7, 11) is 0. The van der Waals surface area contributed by atoms with Crippen LogP contribution in [0.15, 0.2) is 42.0 Å². The summed E-state index contributed by atoms with van der Waals surface area (Å²) in [6.07, 6.45) is 3.37. The van der Waals surface area contributed by atoms with Gasteiger partial charge in [-0.05, 0) is 37.6 Å². The molecular weight excluding hydrogens is 194 g/mol. The highest BCUT2D eigenvalue weighted by Gasteiger charge is 2.17. The lowest BCUT2D eigenvalue weighted by Gasteiger charge is -2.10. The van der Waals surface area contributed by atoms with Crippen molar-refractivity contribution in [3.05, 3.63) is 58.9 Å². The highest BCUT2D eigenvalue weighted by Crippen LogP contribution is 2.30. The molecule has 80 valence electrons. The molecule has 0 N–H and O–H groups in total. The van der Waals surface area contributed by atoms with Crippen LogP contribution in [0.25, 0.3) is 11.8 Å². The van der Waals surface area contributed by atoms with Crippen molar-refractivity contribution in [3.8, 4) is 5.69 Å². The number of fused-ring (bicyclic) bond motifs is 1. The Balaban J connectivity index is 2.19. The van der Waals surface area contributed by atoms with Crippen molar-refractivity contribution in [2.45, 2.75) is 20.3 Å². The summed E-state index contributed by atoms with van der Waals surface area (Å²) in [5.74, 6) is 0. The van der Waals surface area contributed by atoms with E-state index in [1.54, 1.807) is 0 Å². The molecule has 1 heterocycles. The fraction of sp³-hybridized carbons (Fsp3) is 0.200. The molecule has 1 aliphatic rings. The quantitative estimate of drug-likeness (QED) is 0.674. The number of rotatable bonds is 1. The van der Waals surface area contributed by atoms with Crippen LogP contribution < -0.4 is 0 Å². The zero-order chi connectivity index (χ0) is 11.1. The van der Waals surface area contributed by atoms with Crippen LogP contribution in [0.4, 0.5) is 0 Å². The third-order valence-corrected chi connectivity index (χ3v) is 3.18. The minimum atomic E-state index is 1.08. The third kappa shape index (κ3) is 1.32. The zero-order valence-electron chi connectivity index (χ0n) is 9.70. The van der Waals surface area contributed by atoms with Crippen LogP contribution in [0.5, 0.6) is 0 Å². The van der Waals surface area contributed by atoms with E-state index in [0.717, 1.165) is 6.42 Å². The van der Waals surface area contributed by atoms with Crippen molar-refractivity contribution in [1.82, 2.24) is 4.57 Å². The Kier molecular flexibility index (Phi) is 2.00. The molecule has 1 aliphatic carbocycles. The molecule has 1 nitrogen and oxygen atoms in total. The monoisotopic (exact) mass is 209 g/mol. The molecule has 1 aromatic carbocycles. The van der Waals surface area contributed by atoms with Gasteiger partial charge in [-0.1, -0.05) is 29.8 Å². The van der Waals surface area contributed by atoms with E-state index in [-0.39, 0.29) is 0 Å². The summed E-state index contributed by atoms with van der Waals surface area (Å²) in [4.78, 5) is 0. The molecule has 0 saturated carbocycles.